The Kier molecular flexibility index (Phi) is 5.96. The summed E-state index contributed by atoms with van der Waals surface area (Å²) in [6.45, 7) is 4.80. The van der Waals surface area contributed by atoms with Crippen LogP contribution in [0.2, 0.25) is 0 Å². The van der Waals surface area contributed by atoms with Gasteiger partial charge in [-0.2, -0.15) is 0 Å². The maximum atomic E-state index is 12.3. The van der Waals surface area contributed by atoms with E-state index in [1.165, 1.54) is 19.3 Å². The van der Waals surface area contributed by atoms with Crippen molar-refractivity contribution in [1.29, 1.82) is 0 Å². The van der Waals surface area contributed by atoms with Gasteiger partial charge in [0, 0.05) is 12.6 Å². The van der Waals surface area contributed by atoms with Crippen molar-refractivity contribution in [2.24, 2.45) is 11.1 Å². The third-order valence-corrected chi connectivity index (χ3v) is 4.05. The Bertz CT molecular complexity index is 234. The quantitative estimate of drug-likeness (QED) is 0.672. The highest BCUT2D eigenvalue weighted by molar-refractivity contribution is 5.83. The standard InChI is InChI=1S/C14H28N2O/c1-3-4-5-8-12(2)16-13(17)14(11-15)9-6-7-10-14/h12H,3-11,15H2,1-2H3,(H,16,17). The van der Waals surface area contributed by atoms with Gasteiger partial charge >= 0.3 is 0 Å². The summed E-state index contributed by atoms with van der Waals surface area (Å²) >= 11 is 0. The molecule has 3 heteroatoms. The van der Waals surface area contributed by atoms with E-state index in [-0.39, 0.29) is 17.4 Å². The molecule has 0 spiro atoms. The molecule has 1 atom stereocenters. The van der Waals surface area contributed by atoms with Crippen molar-refractivity contribution >= 4 is 5.91 Å². The van der Waals surface area contributed by atoms with Gasteiger partial charge in [0.15, 0.2) is 0 Å². The SMILES string of the molecule is CCCCCC(C)NC(=O)C1(CN)CCCC1. The molecular weight excluding hydrogens is 212 g/mol. The lowest BCUT2D eigenvalue weighted by Gasteiger charge is -2.28. The molecular formula is C14H28N2O. The normalized spacial score (nSPS) is 20.2. The zero-order valence-electron chi connectivity index (χ0n) is 11.4. The first-order valence-corrected chi connectivity index (χ1v) is 7.15. The van der Waals surface area contributed by atoms with Crippen LogP contribution in [0, 0.1) is 5.41 Å². The van der Waals surface area contributed by atoms with Crippen molar-refractivity contribution in [3.8, 4) is 0 Å². The van der Waals surface area contributed by atoms with E-state index in [1.54, 1.807) is 0 Å². The third-order valence-electron chi connectivity index (χ3n) is 4.05. The van der Waals surface area contributed by atoms with Crippen LogP contribution in [0.15, 0.2) is 0 Å². The Labute approximate surface area is 106 Å². The molecule has 0 aromatic carbocycles. The Morgan fingerprint density at radius 2 is 2.00 bits per heavy atom. The van der Waals surface area contributed by atoms with Crippen molar-refractivity contribution < 1.29 is 4.79 Å². The molecule has 0 aromatic heterocycles. The zero-order valence-corrected chi connectivity index (χ0v) is 11.4. The summed E-state index contributed by atoms with van der Waals surface area (Å²) in [5.74, 6) is 0.196. The van der Waals surface area contributed by atoms with E-state index in [2.05, 4.69) is 19.2 Å². The lowest BCUT2D eigenvalue weighted by atomic mass is 9.85. The molecule has 17 heavy (non-hydrogen) atoms. The minimum absolute atomic E-state index is 0.196. The van der Waals surface area contributed by atoms with Crippen LogP contribution in [0.5, 0.6) is 0 Å². The van der Waals surface area contributed by atoms with E-state index in [0.717, 1.165) is 32.1 Å². The van der Waals surface area contributed by atoms with E-state index in [1.807, 2.05) is 0 Å². The Morgan fingerprint density at radius 3 is 2.53 bits per heavy atom. The van der Waals surface area contributed by atoms with Gasteiger partial charge in [-0.05, 0) is 26.2 Å². The highest BCUT2D eigenvalue weighted by atomic mass is 16.2. The lowest BCUT2D eigenvalue weighted by Crippen LogP contribution is -2.47. The third kappa shape index (κ3) is 3.98. The highest BCUT2D eigenvalue weighted by Crippen LogP contribution is 2.37. The van der Waals surface area contributed by atoms with Crippen molar-refractivity contribution in [2.75, 3.05) is 6.54 Å². The van der Waals surface area contributed by atoms with Crippen molar-refractivity contribution in [3.05, 3.63) is 0 Å². The monoisotopic (exact) mass is 240 g/mol. The first kappa shape index (κ1) is 14.5. The molecule has 0 aromatic rings. The number of nitrogens with two attached hydrogens (primary N) is 1. The van der Waals surface area contributed by atoms with Crippen LogP contribution >= 0.6 is 0 Å². The molecule has 1 aliphatic rings. The second-order valence-electron chi connectivity index (χ2n) is 5.56. The fraction of sp³-hybridized carbons (Fsp3) is 0.929. The number of unbranched alkanes of at least 4 members (excludes halogenated alkanes) is 2. The molecule has 3 nitrogen and oxygen atoms in total. The van der Waals surface area contributed by atoms with Gasteiger partial charge in [0.2, 0.25) is 5.91 Å². The first-order chi connectivity index (χ1) is 8.14. The van der Waals surface area contributed by atoms with Crippen LogP contribution in [0.1, 0.15) is 65.2 Å². The minimum atomic E-state index is -0.251. The molecule has 0 bridgehead atoms. The predicted octanol–water partition coefficient (Wildman–Crippen LogP) is 2.59. The zero-order chi connectivity index (χ0) is 12.7. The molecule has 3 N–H and O–H groups in total. The van der Waals surface area contributed by atoms with Gasteiger partial charge in [-0.25, -0.2) is 0 Å². The van der Waals surface area contributed by atoms with E-state index in [0.29, 0.717) is 6.54 Å². The molecule has 1 fully saturated rings. The van der Waals surface area contributed by atoms with Crippen molar-refractivity contribution in [1.82, 2.24) is 5.32 Å². The first-order valence-electron chi connectivity index (χ1n) is 7.15. The number of carbonyl (C=O) groups is 1. The van der Waals surface area contributed by atoms with Gasteiger partial charge in [-0.1, -0.05) is 39.0 Å². The summed E-state index contributed by atoms with van der Waals surface area (Å²) < 4.78 is 0. The molecule has 0 heterocycles. The van der Waals surface area contributed by atoms with Gasteiger partial charge in [0.25, 0.3) is 0 Å². The second-order valence-corrected chi connectivity index (χ2v) is 5.56. The van der Waals surface area contributed by atoms with Crippen LogP contribution in [0.25, 0.3) is 0 Å². The molecule has 0 aliphatic heterocycles. The van der Waals surface area contributed by atoms with Gasteiger partial charge < -0.3 is 11.1 Å². The Balaban J connectivity index is 2.36. The van der Waals surface area contributed by atoms with Crippen LogP contribution in [-0.4, -0.2) is 18.5 Å². The topological polar surface area (TPSA) is 55.1 Å². The van der Waals surface area contributed by atoms with E-state index in [9.17, 15) is 4.79 Å². The van der Waals surface area contributed by atoms with Crippen LogP contribution in [0.3, 0.4) is 0 Å². The van der Waals surface area contributed by atoms with Crippen molar-refractivity contribution in [3.63, 3.8) is 0 Å². The lowest BCUT2D eigenvalue weighted by molar-refractivity contribution is -0.131. The number of hydrogen-bond donors (Lipinski definition) is 2. The summed E-state index contributed by atoms with van der Waals surface area (Å²) in [5, 5.41) is 3.15. The van der Waals surface area contributed by atoms with Gasteiger partial charge in [-0.3, -0.25) is 4.79 Å². The Hall–Kier alpha value is -0.570. The van der Waals surface area contributed by atoms with Gasteiger partial charge in [-0.15, -0.1) is 0 Å². The summed E-state index contributed by atoms with van der Waals surface area (Å²) in [7, 11) is 0. The van der Waals surface area contributed by atoms with E-state index < -0.39 is 0 Å². The smallest absolute Gasteiger partial charge is 0.227 e. The second kappa shape index (κ2) is 7.00. The molecule has 1 rings (SSSR count). The number of carbonyl (C=O) groups excluding carboxylic acids is 1. The van der Waals surface area contributed by atoms with Crippen LogP contribution in [0.4, 0.5) is 0 Å². The summed E-state index contributed by atoms with van der Waals surface area (Å²) in [5.41, 5.74) is 5.56. The number of hydrogen-bond acceptors (Lipinski definition) is 2. The summed E-state index contributed by atoms with van der Waals surface area (Å²) in [6.07, 6.45) is 9.00. The maximum absolute atomic E-state index is 12.3. The van der Waals surface area contributed by atoms with E-state index >= 15 is 0 Å². The van der Waals surface area contributed by atoms with Crippen molar-refractivity contribution in [2.45, 2.75) is 71.3 Å². The summed E-state index contributed by atoms with van der Waals surface area (Å²) in [4.78, 5) is 12.3. The predicted molar refractivity (Wildman–Crippen MR) is 71.7 cm³/mol. The molecule has 1 amide bonds. The average molecular weight is 240 g/mol. The van der Waals surface area contributed by atoms with Crippen LogP contribution < -0.4 is 11.1 Å². The van der Waals surface area contributed by atoms with E-state index in [4.69, 9.17) is 5.73 Å². The highest BCUT2D eigenvalue weighted by Gasteiger charge is 2.39. The minimum Gasteiger partial charge on any atom is -0.353 e. The molecule has 1 unspecified atom stereocenters. The number of amides is 1. The number of nitrogens with one attached hydrogen (secondary N) is 1. The fourth-order valence-corrected chi connectivity index (χ4v) is 2.73. The fourth-order valence-electron chi connectivity index (χ4n) is 2.73. The average Bonchev–Trinajstić information content (AvgIpc) is 2.79. The maximum Gasteiger partial charge on any atom is 0.227 e. The largest absolute Gasteiger partial charge is 0.353 e. The molecule has 100 valence electrons. The van der Waals surface area contributed by atoms with Gasteiger partial charge in [0.1, 0.15) is 0 Å². The van der Waals surface area contributed by atoms with Gasteiger partial charge in [0.05, 0.1) is 5.41 Å². The number of rotatable bonds is 7. The molecule has 1 aliphatic carbocycles. The summed E-state index contributed by atoms with van der Waals surface area (Å²) in [6, 6.07) is 0.290. The molecule has 0 saturated heterocycles. The van der Waals surface area contributed by atoms with Crippen LogP contribution in [-0.2, 0) is 4.79 Å². The Morgan fingerprint density at radius 1 is 1.35 bits per heavy atom. The molecule has 1 saturated carbocycles. The molecule has 0 radical (unpaired) electrons.